The van der Waals surface area contributed by atoms with Gasteiger partial charge in [0.05, 0.1) is 0 Å². The van der Waals surface area contributed by atoms with E-state index in [9.17, 15) is 22.8 Å². The molecule has 1 aliphatic carbocycles. The van der Waals surface area contributed by atoms with Crippen molar-refractivity contribution in [3.8, 4) is 5.88 Å². The molecule has 4 amide bonds. The maximum Gasteiger partial charge on any atom is 0.422 e. The van der Waals surface area contributed by atoms with Crippen LogP contribution >= 0.6 is 0 Å². The zero-order chi connectivity index (χ0) is 23.0. The molecule has 1 aromatic heterocycles. The van der Waals surface area contributed by atoms with Crippen LogP contribution in [0.15, 0.2) is 18.3 Å². The Bertz CT molecular complexity index is 763. The normalized spacial score (nSPS) is 18.2. The molecule has 1 aromatic rings. The van der Waals surface area contributed by atoms with Gasteiger partial charge in [-0.2, -0.15) is 13.2 Å². The average molecular weight is 457 g/mol. The monoisotopic (exact) mass is 457 g/mol. The molecule has 0 radical (unpaired) electrons. The van der Waals surface area contributed by atoms with Crippen LogP contribution in [-0.4, -0.2) is 59.9 Å². The summed E-state index contributed by atoms with van der Waals surface area (Å²) in [5, 5.41) is 8.73. The molecule has 3 N–H and O–H groups in total. The molecular formula is C21H30F3N5O3. The maximum absolute atomic E-state index is 12.5. The minimum Gasteiger partial charge on any atom is -0.468 e. The van der Waals surface area contributed by atoms with Gasteiger partial charge in [-0.1, -0.05) is 25.3 Å². The summed E-state index contributed by atoms with van der Waals surface area (Å²) in [5.41, 5.74) is 0.362. The van der Waals surface area contributed by atoms with E-state index in [0.717, 1.165) is 25.7 Å². The summed E-state index contributed by atoms with van der Waals surface area (Å²) in [6.07, 6.45) is 3.70. The molecule has 3 rings (SSSR count). The number of urea groups is 2. The number of halogens is 3. The lowest BCUT2D eigenvalue weighted by Gasteiger charge is -2.33. The zero-order valence-electron chi connectivity index (χ0n) is 17.9. The van der Waals surface area contributed by atoms with Crippen LogP contribution in [0.25, 0.3) is 0 Å². The molecule has 0 aromatic carbocycles. The summed E-state index contributed by atoms with van der Waals surface area (Å²) in [7, 11) is 0. The lowest BCUT2D eigenvalue weighted by Crippen LogP contribution is -2.52. The first-order valence-electron chi connectivity index (χ1n) is 11.0. The van der Waals surface area contributed by atoms with Crippen molar-refractivity contribution in [1.29, 1.82) is 0 Å². The van der Waals surface area contributed by atoms with Crippen molar-refractivity contribution >= 4 is 12.1 Å². The van der Waals surface area contributed by atoms with Crippen LogP contribution in [0.5, 0.6) is 5.88 Å². The van der Waals surface area contributed by atoms with E-state index in [1.165, 1.54) is 12.6 Å². The predicted octanol–water partition coefficient (Wildman–Crippen LogP) is 3.33. The fraction of sp³-hybridized carbons (Fsp3) is 0.667. The third-order valence-electron chi connectivity index (χ3n) is 5.71. The van der Waals surface area contributed by atoms with Crippen molar-refractivity contribution < 1.29 is 27.5 Å². The Morgan fingerprint density at radius 3 is 2.38 bits per heavy atom. The molecule has 0 unspecified atom stereocenters. The summed E-state index contributed by atoms with van der Waals surface area (Å²) in [6, 6.07) is 2.90. The standard InChI is InChI=1S/C21H30F3N5O3/c22-21(23,24)14-32-18-15(5-4-10-25-18)13-26-20(31)29-11-8-17(9-12-29)28-19(30)27-16-6-2-1-3-7-16/h4-5,10,16-17H,1-3,6-9,11-14H2,(H,26,31)(H2,27,28,30). The number of rotatable bonds is 6. The Hall–Kier alpha value is -2.72. The van der Waals surface area contributed by atoms with E-state index < -0.39 is 12.8 Å². The van der Waals surface area contributed by atoms with Crippen molar-refractivity contribution in [2.24, 2.45) is 0 Å². The Labute approximate surface area is 185 Å². The molecule has 32 heavy (non-hydrogen) atoms. The van der Waals surface area contributed by atoms with Gasteiger partial charge in [0, 0.05) is 43.5 Å². The molecule has 0 bridgehead atoms. The van der Waals surface area contributed by atoms with Crippen LogP contribution in [0.3, 0.4) is 0 Å². The van der Waals surface area contributed by atoms with Gasteiger partial charge >= 0.3 is 18.2 Å². The first-order valence-corrected chi connectivity index (χ1v) is 11.0. The third kappa shape index (κ3) is 7.76. The molecule has 1 saturated heterocycles. The smallest absolute Gasteiger partial charge is 0.422 e. The Morgan fingerprint density at radius 2 is 1.72 bits per heavy atom. The number of pyridine rings is 1. The average Bonchev–Trinajstić information content (AvgIpc) is 2.77. The molecule has 2 aliphatic rings. The number of carbonyl (C=O) groups excluding carboxylic acids is 2. The van der Waals surface area contributed by atoms with Crippen molar-refractivity contribution in [3.63, 3.8) is 0 Å². The Balaban J connectivity index is 1.39. The highest BCUT2D eigenvalue weighted by Crippen LogP contribution is 2.20. The topological polar surface area (TPSA) is 95.6 Å². The number of alkyl halides is 3. The second kappa shape index (κ2) is 11.2. The number of likely N-dealkylation sites (tertiary alicyclic amines) is 1. The molecule has 0 atom stereocenters. The molecule has 11 heteroatoms. The highest BCUT2D eigenvalue weighted by Gasteiger charge is 2.29. The number of aromatic nitrogens is 1. The largest absolute Gasteiger partial charge is 0.468 e. The van der Waals surface area contributed by atoms with Gasteiger partial charge in [0.25, 0.3) is 0 Å². The highest BCUT2D eigenvalue weighted by molar-refractivity contribution is 5.75. The van der Waals surface area contributed by atoms with E-state index in [0.29, 0.717) is 31.5 Å². The number of ether oxygens (including phenoxy) is 1. The number of amides is 4. The minimum atomic E-state index is -4.47. The quantitative estimate of drug-likeness (QED) is 0.611. The number of nitrogens with one attached hydrogen (secondary N) is 3. The molecule has 1 saturated carbocycles. The van der Waals surface area contributed by atoms with E-state index in [4.69, 9.17) is 4.74 Å². The minimum absolute atomic E-state index is 0.00182. The van der Waals surface area contributed by atoms with Crippen LogP contribution < -0.4 is 20.7 Å². The van der Waals surface area contributed by atoms with Crippen LogP contribution in [0.1, 0.15) is 50.5 Å². The molecule has 0 spiro atoms. The first-order chi connectivity index (χ1) is 15.3. The summed E-state index contributed by atoms with van der Waals surface area (Å²) >= 11 is 0. The Kier molecular flexibility index (Phi) is 8.40. The van der Waals surface area contributed by atoms with Crippen molar-refractivity contribution in [2.45, 2.75) is 69.8 Å². The van der Waals surface area contributed by atoms with Gasteiger partial charge in [0.1, 0.15) is 0 Å². The predicted molar refractivity (Wildman–Crippen MR) is 111 cm³/mol. The number of hydrogen-bond acceptors (Lipinski definition) is 4. The first kappa shape index (κ1) is 23.9. The van der Waals surface area contributed by atoms with Crippen LogP contribution in [0.2, 0.25) is 0 Å². The number of nitrogens with zero attached hydrogens (tertiary/aromatic N) is 2. The van der Waals surface area contributed by atoms with Crippen molar-refractivity contribution in [2.75, 3.05) is 19.7 Å². The number of hydrogen-bond donors (Lipinski definition) is 3. The van der Waals surface area contributed by atoms with E-state index in [1.54, 1.807) is 17.0 Å². The molecule has 178 valence electrons. The molecule has 8 nitrogen and oxygen atoms in total. The van der Waals surface area contributed by atoms with Gasteiger partial charge in [-0.15, -0.1) is 0 Å². The number of carbonyl (C=O) groups is 2. The number of piperidine rings is 1. The zero-order valence-corrected chi connectivity index (χ0v) is 17.9. The second-order valence-electron chi connectivity index (χ2n) is 8.24. The molecule has 2 heterocycles. The SMILES string of the molecule is O=C(NC1CCCCC1)NC1CCN(C(=O)NCc2cccnc2OCC(F)(F)F)CC1. The molecular weight excluding hydrogens is 427 g/mol. The van der Waals surface area contributed by atoms with E-state index in [-0.39, 0.29) is 36.6 Å². The summed E-state index contributed by atoms with van der Waals surface area (Å²) in [6.45, 7) is -0.489. The lowest BCUT2D eigenvalue weighted by atomic mass is 9.96. The second-order valence-corrected chi connectivity index (χ2v) is 8.24. The van der Waals surface area contributed by atoms with E-state index in [1.807, 2.05) is 0 Å². The van der Waals surface area contributed by atoms with E-state index in [2.05, 4.69) is 20.9 Å². The van der Waals surface area contributed by atoms with Gasteiger partial charge in [0.2, 0.25) is 5.88 Å². The van der Waals surface area contributed by atoms with Crippen molar-refractivity contribution in [3.05, 3.63) is 23.9 Å². The van der Waals surface area contributed by atoms with Gasteiger partial charge in [0.15, 0.2) is 6.61 Å². The molecule has 1 aliphatic heterocycles. The maximum atomic E-state index is 12.5. The third-order valence-corrected chi connectivity index (χ3v) is 5.71. The van der Waals surface area contributed by atoms with Crippen molar-refractivity contribution in [1.82, 2.24) is 25.8 Å². The molecule has 2 fully saturated rings. The highest BCUT2D eigenvalue weighted by atomic mass is 19.4. The summed E-state index contributed by atoms with van der Waals surface area (Å²) < 4.78 is 41.9. The van der Waals surface area contributed by atoms with Crippen LogP contribution in [-0.2, 0) is 6.54 Å². The van der Waals surface area contributed by atoms with Gasteiger partial charge in [-0.25, -0.2) is 14.6 Å². The Morgan fingerprint density at radius 1 is 1.06 bits per heavy atom. The fourth-order valence-corrected chi connectivity index (χ4v) is 4.01. The fourth-order valence-electron chi connectivity index (χ4n) is 4.01. The van der Waals surface area contributed by atoms with Gasteiger partial charge < -0.3 is 25.6 Å². The van der Waals surface area contributed by atoms with Gasteiger partial charge in [-0.05, 0) is 31.7 Å². The summed E-state index contributed by atoms with van der Waals surface area (Å²) in [4.78, 5) is 30.1. The van der Waals surface area contributed by atoms with Gasteiger partial charge in [-0.3, -0.25) is 0 Å². The van der Waals surface area contributed by atoms with E-state index >= 15 is 0 Å². The van der Waals surface area contributed by atoms with Crippen LogP contribution in [0, 0.1) is 0 Å². The van der Waals surface area contributed by atoms with Crippen LogP contribution in [0.4, 0.5) is 22.8 Å². The lowest BCUT2D eigenvalue weighted by molar-refractivity contribution is -0.154. The summed E-state index contributed by atoms with van der Waals surface area (Å²) in [5.74, 6) is -0.156.